The van der Waals surface area contributed by atoms with Gasteiger partial charge in [-0.2, -0.15) is 0 Å². The summed E-state index contributed by atoms with van der Waals surface area (Å²) in [5, 5.41) is 0. The predicted molar refractivity (Wildman–Crippen MR) is 95.5 cm³/mol. The molecule has 3 unspecified atom stereocenters. The lowest BCUT2D eigenvalue weighted by Gasteiger charge is -2.31. The van der Waals surface area contributed by atoms with Gasteiger partial charge in [0.05, 0.1) is 6.17 Å². The SMILES string of the molecule is NC1CC(c2ccccc2)CN1CC1CCCc2ccccc21. The number of fused-ring (bicyclic) bond motifs is 1. The molecule has 3 atom stereocenters. The molecule has 2 heteroatoms. The van der Waals surface area contributed by atoms with Crippen LogP contribution in [0.15, 0.2) is 54.6 Å². The lowest BCUT2D eigenvalue weighted by molar-refractivity contribution is 0.233. The maximum absolute atomic E-state index is 6.47. The Morgan fingerprint density at radius 1 is 1.00 bits per heavy atom. The van der Waals surface area contributed by atoms with Crippen molar-refractivity contribution in [1.29, 1.82) is 0 Å². The van der Waals surface area contributed by atoms with Gasteiger partial charge < -0.3 is 5.73 Å². The van der Waals surface area contributed by atoms with E-state index in [0.717, 1.165) is 19.5 Å². The summed E-state index contributed by atoms with van der Waals surface area (Å²) in [4.78, 5) is 2.52. The van der Waals surface area contributed by atoms with E-state index in [1.54, 1.807) is 11.1 Å². The minimum atomic E-state index is 0.203. The second-order valence-corrected chi connectivity index (χ2v) is 7.15. The van der Waals surface area contributed by atoms with E-state index in [-0.39, 0.29) is 6.17 Å². The molecule has 1 heterocycles. The monoisotopic (exact) mass is 306 g/mol. The van der Waals surface area contributed by atoms with E-state index in [1.807, 2.05) is 0 Å². The largest absolute Gasteiger partial charge is 0.316 e. The highest BCUT2D eigenvalue weighted by atomic mass is 15.2. The molecular formula is C21H26N2. The summed E-state index contributed by atoms with van der Waals surface area (Å²) in [5.74, 6) is 1.24. The van der Waals surface area contributed by atoms with Crippen molar-refractivity contribution in [2.45, 2.75) is 43.7 Å². The van der Waals surface area contributed by atoms with Gasteiger partial charge in [0.25, 0.3) is 0 Å². The molecule has 23 heavy (non-hydrogen) atoms. The van der Waals surface area contributed by atoms with E-state index in [0.29, 0.717) is 11.8 Å². The van der Waals surface area contributed by atoms with E-state index in [4.69, 9.17) is 5.73 Å². The molecule has 4 rings (SSSR count). The summed E-state index contributed by atoms with van der Waals surface area (Å²) in [5.41, 5.74) is 11.0. The second-order valence-electron chi connectivity index (χ2n) is 7.15. The van der Waals surface area contributed by atoms with Gasteiger partial charge in [-0.15, -0.1) is 0 Å². The first-order valence-corrected chi connectivity index (χ1v) is 8.93. The zero-order chi connectivity index (χ0) is 15.6. The van der Waals surface area contributed by atoms with E-state index in [2.05, 4.69) is 59.5 Å². The van der Waals surface area contributed by atoms with Crippen LogP contribution in [0.3, 0.4) is 0 Å². The van der Waals surface area contributed by atoms with Crippen LogP contribution in [0.4, 0.5) is 0 Å². The highest BCUT2D eigenvalue weighted by Crippen LogP contribution is 2.36. The van der Waals surface area contributed by atoms with E-state index < -0.39 is 0 Å². The Balaban J connectivity index is 1.48. The molecule has 0 aromatic heterocycles. The first-order valence-electron chi connectivity index (χ1n) is 8.93. The van der Waals surface area contributed by atoms with Gasteiger partial charge in [-0.25, -0.2) is 0 Å². The van der Waals surface area contributed by atoms with E-state index >= 15 is 0 Å². The number of hydrogen-bond donors (Lipinski definition) is 1. The normalized spacial score (nSPS) is 27.8. The van der Waals surface area contributed by atoms with Gasteiger partial charge >= 0.3 is 0 Å². The van der Waals surface area contributed by atoms with Gasteiger partial charge in [-0.1, -0.05) is 54.6 Å². The Labute approximate surface area is 139 Å². The van der Waals surface area contributed by atoms with Gasteiger partial charge in [0, 0.05) is 13.1 Å². The van der Waals surface area contributed by atoms with Crippen molar-refractivity contribution in [2.75, 3.05) is 13.1 Å². The maximum Gasteiger partial charge on any atom is 0.0578 e. The third-order valence-corrected chi connectivity index (χ3v) is 5.67. The molecule has 1 saturated heterocycles. The fourth-order valence-electron chi connectivity index (χ4n) is 4.44. The molecule has 1 fully saturated rings. The van der Waals surface area contributed by atoms with Crippen molar-refractivity contribution in [3.8, 4) is 0 Å². The van der Waals surface area contributed by atoms with Crippen molar-refractivity contribution in [3.63, 3.8) is 0 Å². The minimum absolute atomic E-state index is 0.203. The molecule has 2 N–H and O–H groups in total. The molecule has 0 bridgehead atoms. The lowest BCUT2D eigenvalue weighted by Crippen LogP contribution is -2.39. The Hall–Kier alpha value is -1.64. The first kappa shape index (κ1) is 14.9. The molecule has 120 valence electrons. The number of benzene rings is 2. The van der Waals surface area contributed by atoms with Gasteiger partial charge in [0.2, 0.25) is 0 Å². The fourth-order valence-corrected chi connectivity index (χ4v) is 4.44. The topological polar surface area (TPSA) is 29.3 Å². The summed E-state index contributed by atoms with van der Waals surface area (Å²) in [7, 11) is 0. The van der Waals surface area contributed by atoms with Crippen LogP contribution in [0.2, 0.25) is 0 Å². The Bertz CT molecular complexity index is 652. The molecule has 1 aliphatic heterocycles. The molecule has 0 saturated carbocycles. The van der Waals surface area contributed by atoms with Crippen molar-refractivity contribution in [3.05, 3.63) is 71.3 Å². The lowest BCUT2D eigenvalue weighted by atomic mass is 9.82. The standard InChI is InChI=1S/C21H26N2/c22-21-13-19(16-7-2-1-3-8-16)15-23(21)14-18-11-6-10-17-9-4-5-12-20(17)18/h1-5,7-9,12,18-19,21H,6,10-11,13-15,22H2. The van der Waals surface area contributed by atoms with E-state index in [1.165, 1.54) is 24.8 Å². The molecule has 2 nitrogen and oxygen atoms in total. The smallest absolute Gasteiger partial charge is 0.0578 e. The minimum Gasteiger partial charge on any atom is -0.316 e. The number of nitrogens with zero attached hydrogens (tertiary/aromatic N) is 1. The zero-order valence-corrected chi connectivity index (χ0v) is 13.7. The molecule has 0 amide bonds. The second kappa shape index (κ2) is 6.46. The predicted octanol–water partition coefficient (Wildman–Crippen LogP) is 3.88. The number of aryl methyl sites for hydroxylation is 1. The highest BCUT2D eigenvalue weighted by molar-refractivity contribution is 5.33. The van der Waals surface area contributed by atoms with Crippen LogP contribution in [0.25, 0.3) is 0 Å². The number of nitrogens with two attached hydrogens (primary N) is 1. The Kier molecular flexibility index (Phi) is 4.19. The van der Waals surface area contributed by atoms with Crippen LogP contribution in [0.1, 0.15) is 47.8 Å². The summed E-state index contributed by atoms with van der Waals surface area (Å²) in [6.07, 6.45) is 5.14. The molecule has 2 aliphatic rings. The third-order valence-electron chi connectivity index (χ3n) is 5.67. The van der Waals surface area contributed by atoms with Crippen molar-refractivity contribution < 1.29 is 0 Å². The molecule has 2 aromatic rings. The average Bonchev–Trinajstić information content (AvgIpc) is 2.97. The summed E-state index contributed by atoms with van der Waals surface area (Å²) >= 11 is 0. The number of rotatable bonds is 3. The maximum atomic E-state index is 6.47. The van der Waals surface area contributed by atoms with Crippen LogP contribution < -0.4 is 5.73 Å². The highest BCUT2D eigenvalue weighted by Gasteiger charge is 2.33. The van der Waals surface area contributed by atoms with Crippen LogP contribution in [0, 0.1) is 0 Å². The fraction of sp³-hybridized carbons (Fsp3) is 0.429. The summed E-state index contributed by atoms with van der Waals surface area (Å²) < 4.78 is 0. The third kappa shape index (κ3) is 3.06. The van der Waals surface area contributed by atoms with Gasteiger partial charge in [-0.3, -0.25) is 4.90 Å². The van der Waals surface area contributed by atoms with Crippen molar-refractivity contribution in [2.24, 2.45) is 5.73 Å². The average molecular weight is 306 g/mol. The molecule has 0 radical (unpaired) electrons. The van der Waals surface area contributed by atoms with Gasteiger partial charge in [-0.05, 0) is 54.2 Å². The van der Waals surface area contributed by atoms with Crippen LogP contribution in [-0.2, 0) is 6.42 Å². The molecule has 0 spiro atoms. The van der Waals surface area contributed by atoms with E-state index in [9.17, 15) is 0 Å². The quantitative estimate of drug-likeness (QED) is 0.932. The van der Waals surface area contributed by atoms with Gasteiger partial charge in [0.15, 0.2) is 0 Å². The van der Waals surface area contributed by atoms with Gasteiger partial charge in [0.1, 0.15) is 0 Å². The molecule has 1 aliphatic carbocycles. The Morgan fingerprint density at radius 3 is 2.65 bits per heavy atom. The summed E-state index contributed by atoms with van der Waals surface area (Å²) in [6, 6.07) is 19.9. The molecular weight excluding hydrogens is 280 g/mol. The zero-order valence-electron chi connectivity index (χ0n) is 13.7. The number of hydrogen-bond acceptors (Lipinski definition) is 2. The van der Waals surface area contributed by atoms with Crippen molar-refractivity contribution >= 4 is 0 Å². The molecule has 2 aromatic carbocycles. The van der Waals surface area contributed by atoms with Crippen LogP contribution in [0.5, 0.6) is 0 Å². The Morgan fingerprint density at radius 2 is 1.78 bits per heavy atom. The summed E-state index contributed by atoms with van der Waals surface area (Å²) in [6.45, 7) is 2.21. The number of likely N-dealkylation sites (tertiary alicyclic amines) is 1. The van der Waals surface area contributed by atoms with Crippen LogP contribution >= 0.6 is 0 Å². The van der Waals surface area contributed by atoms with Crippen LogP contribution in [-0.4, -0.2) is 24.2 Å². The van der Waals surface area contributed by atoms with Crippen molar-refractivity contribution in [1.82, 2.24) is 4.90 Å². The first-order chi connectivity index (χ1) is 11.3.